The molecule has 0 aromatic rings. The SMILES string of the molecule is CCCCCCCCC([O])C(C)C. The Labute approximate surface area is 83.5 Å². The summed E-state index contributed by atoms with van der Waals surface area (Å²) in [6, 6.07) is 0. The van der Waals surface area contributed by atoms with E-state index in [0.29, 0.717) is 5.92 Å². The Morgan fingerprint density at radius 2 is 1.46 bits per heavy atom. The van der Waals surface area contributed by atoms with E-state index in [1.165, 1.54) is 32.1 Å². The second-order valence-corrected chi connectivity index (χ2v) is 4.34. The topological polar surface area (TPSA) is 19.9 Å². The zero-order valence-corrected chi connectivity index (χ0v) is 9.51. The zero-order chi connectivity index (χ0) is 10.1. The average Bonchev–Trinajstić information content (AvgIpc) is 2.10. The van der Waals surface area contributed by atoms with Crippen molar-refractivity contribution >= 4 is 0 Å². The van der Waals surface area contributed by atoms with Crippen LogP contribution in [0.15, 0.2) is 0 Å². The molecular weight excluding hydrogens is 160 g/mol. The van der Waals surface area contributed by atoms with Crippen LogP contribution < -0.4 is 0 Å². The third-order valence-electron chi connectivity index (χ3n) is 2.59. The van der Waals surface area contributed by atoms with Crippen LogP contribution in [0, 0.1) is 5.92 Å². The highest BCUT2D eigenvalue weighted by atomic mass is 16.3. The van der Waals surface area contributed by atoms with Crippen LogP contribution in [0.25, 0.3) is 0 Å². The van der Waals surface area contributed by atoms with E-state index < -0.39 is 0 Å². The summed E-state index contributed by atoms with van der Waals surface area (Å²) in [5.74, 6) is 0.315. The smallest absolute Gasteiger partial charge is 0.0952 e. The van der Waals surface area contributed by atoms with Crippen molar-refractivity contribution in [3.63, 3.8) is 0 Å². The van der Waals surface area contributed by atoms with E-state index in [1.54, 1.807) is 0 Å². The Balaban J connectivity index is 3.07. The molecule has 0 fully saturated rings. The first kappa shape index (κ1) is 13.0. The summed E-state index contributed by atoms with van der Waals surface area (Å²) in [6.45, 7) is 6.27. The molecule has 79 valence electrons. The van der Waals surface area contributed by atoms with E-state index in [2.05, 4.69) is 6.92 Å². The molecule has 1 unspecified atom stereocenters. The van der Waals surface area contributed by atoms with Crippen molar-refractivity contribution in [1.82, 2.24) is 0 Å². The maximum absolute atomic E-state index is 11.3. The molecule has 1 atom stereocenters. The molecule has 0 aliphatic carbocycles. The highest BCUT2D eigenvalue weighted by Crippen LogP contribution is 2.13. The van der Waals surface area contributed by atoms with Gasteiger partial charge in [-0.1, -0.05) is 59.3 Å². The molecule has 1 radical (unpaired) electrons. The van der Waals surface area contributed by atoms with E-state index >= 15 is 0 Å². The van der Waals surface area contributed by atoms with Crippen LogP contribution in [-0.2, 0) is 5.11 Å². The lowest BCUT2D eigenvalue weighted by Crippen LogP contribution is -2.12. The van der Waals surface area contributed by atoms with E-state index in [4.69, 9.17) is 0 Å². The molecule has 0 bridgehead atoms. The Kier molecular flexibility index (Phi) is 8.53. The summed E-state index contributed by atoms with van der Waals surface area (Å²) < 4.78 is 0. The number of hydrogen-bond donors (Lipinski definition) is 0. The zero-order valence-electron chi connectivity index (χ0n) is 9.51. The van der Waals surface area contributed by atoms with Crippen LogP contribution in [0.5, 0.6) is 0 Å². The molecule has 0 spiro atoms. The Bertz CT molecular complexity index is 99.3. The molecule has 0 heterocycles. The molecule has 1 heteroatoms. The molecule has 0 N–H and O–H groups in total. The van der Waals surface area contributed by atoms with Gasteiger partial charge in [0.25, 0.3) is 0 Å². The highest BCUT2D eigenvalue weighted by Gasteiger charge is 2.09. The second kappa shape index (κ2) is 8.55. The minimum Gasteiger partial charge on any atom is -0.233 e. The Morgan fingerprint density at radius 3 is 2.00 bits per heavy atom. The van der Waals surface area contributed by atoms with Gasteiger partial charge in [-0.2, -0.15) is 0 Å². The van der Waals surface area contributed by atoms with Gasteiger partial charge in [0.15, 0.2) is 0 Å². The minimum atomic E-state index is -0.328. The molecule has 0 rings (SSSR count). The van der Waals surface area contributed by atoms with Gasteiger partial charge >= 0.3 is 0 Å². The van der Waals surface area contributed by atoms with Crippen molar-refractivity contribution in [3.8, 4) is 0 Å². The first-order chi connectivity index (χ1) is 6.18. The predicted octanol–water partition coefficient (Wildman–Crippen LogP) is 4.19. The maximum Gasteiger partial charge on any atom is 0.0952 e. The van der Waals surface area contributed by atoms with Crippen molar-refractivity contribution < 1.29 is 5.11 Å². The van der Waals surface area contributed by atoms with E-state index in [1.807, 2.05) is 13.8 Å². The molecule has 0 saturated carbocycles. The molecule has 0 saturated heterocycles. The molecule has 0 aromatic heterocycles. The lowest BCUT2D eigenvalue weighted by Gasteiger charge is -2.11. The van der Waals surface area contributed by atoms with Crippen molar-refractivity contribution in [1.29, 1.82) is 0 Å². The second-order valence-electron chi connectivity index (χ2n) is 4.34. The fraction of sp³-hybridized carbons (Fsp3) is 1.00. The Morgan fingerprint density at radius 1 is 0.923 bits per heavy atom. The van der Waals surface area contributed by atoms with Gasteiger partial charge in [-0.3, -0.25) is 0 Å². The van der Waals surface area contributed by atoms with Crippen LogP contribution in [0.2, 0.25) is 0 Å². The summed E-state index contributed by atoms with van der Waals surface area (Å²) in [6.07, 6.45) is 8.26. The van der Waals surface area contributed by atoms with Crippen LogP contribution in [0.3, 0.4) is 0 Å². The van der Waals surface area contributed by atoms with Gasteiger partial charge in [0.2, 0.25) is 0 Å². The summed E-state index contributed by atoms with van der Waals surface area (Å²) in [7, 11) is 0. The van der Waals surface area contributed by atoms with Gasteiger partial charge in [0.05, 0.1) is 6.10 Å². The van der Waals surface area contributed by atoms with Crippen molar-refractivity contribution in [2.75, 3.05) is 0 Å². The number of hydrogen-bond acceptors (Lipinski definition) is 0. The molecule has 0 aromatic carbocycles. The first-order valence-corrected chi connectivity index (χ1v) is 5.84. The third kappa shape index (κ3) is 8.29. The van der Waals surface area contributed by atoms with E-state index in [9.17, 15) is 5.11 Å². The van der Waals surface area contributed by atoms with Gasteiger partial charge in [-0.05, 0) is 12.3 Å². The number of rotatable bonds is 8. The quantitative estimate of drug-likeness (QED) is 0.505. The molecular formula is C12H25O. The van der Waals surface area contributed by atoms with Gasteiger partial charge in [-0.25, -0.2) is 5.11 Å². The van der Waals surface area contributed by atoms with Crippen LogP contribution >= 0.6 is 0 Å². The summed E-state index contributed by atoms with van der Waals surface area (Å²) >= 11 is 0. The third-order valence-corrected chi connectivity index (χ3v) is 2.59. The lowest BCUT2D eigenvalue weighted by molar-refractivity contribution is 0.0405. The fourth-order valence-corrected chi connectivity index (χ4v) is 1.46. The number of unbranched alkanes of at least 4 members (excludes halogenated alkanes) is 5. The lowest BCUT2D eigenvalue weighted by atomic mass is 10.0. The monoisotopic (exact) mass is 185 g/mol. The highest BCUT2D eigenvalue weighted by molar-refractivity contribution is 4.59. The minimum absolute atomic E-state index is 0.315. The van der Waals surface area contributed by atoms with Crippen molar-refractivity contribution in [2.45, 2.75) is 71.8 Å². The molecule has 0 aliphatic heterocycles. The molecule has 13 heavy (non-hydrogen) atoms. The van der Waals surface area contributed by atoms with Gasteiger partial charge < -0.3 is 0 Å². The fourth-order valence-electron chi connectivity index (χ4n) is 1.46. The summed E-state index contributed by atoms with van der Waals surface area (Å²) in [5, 5.41) is 11.3. The maximum atomic E-state index is 11.3. The summed E-state index contributed by atoms with van der Waals surface area (Å²) in [4.78, 5) is 0. The predicted molar refractivity (Wildman–Crippen MR) is 57.3 cm³/mol. The van der Waals surface area contributed by atoms with Crippen LogP contribution in [0.4, 0.5) is 0 Å². The van der Waals surface area contributed by atoms with Crippen LogP contribution in [0.1, 0.15) is 65.7 Å². The molecule has 0 aliphatic rings. The van der Waals surface area contributed by atoms with E-state index in [0.717, 1.165) is 12.8 Å². The summed E-state index contributed by atoms with van der Waals surface area (Å²) in [5.41, 5.74) is 0. The normalized spacial score (nSPS) is 13.6. The molecule has 0 amide bonds. The average molecular weight is 185 g/mol. The van der Waals surface area contributed by atoms with Crippen molar-refractivity contribution in [3.05, 3.63) is 0 Å². The largest absolute Gasteiger partial charge is 0.233 e. The van der Waals surface area contributed by atoms with Crippen LogP contribution in [-0.4, -0.2) is 6.10 Å². The molecule has 1 nitrogen and oxygen atoms in total. The van der Waals surface area contributed by atoms with E-state index in [-0.39, 0.29) is 6.10 Å². The van der Waals surface area contributed by atoms with Gasteiger partial charge in [-0.15, -0.1) is 0 Å². The van der Waals surface area contributed by atoms with Gasteiger partial charge in [0.1, 0.15) is 0 Å². The Hall–Kier alpha value is -0.0400. The van der Waals surface area contributed by atoms with Crippen molar-refractivity contribution in [2.24, 2.45) is 5.92 Å². The standard InChI is InChI=1S/C12H25O/c1-4-5-6-7-8-9-10-12(13)11(2)3/h11-12H,4-10H2,1-3H3. The van der Waals surface area contributed by atoms with Gasteiger partial charge in [0, 0.05) is 0 Å². The first-order valence-electron chi connectivity index (χ1n) is 5.84.